The summed E-state index contributed by atoms with van der Waals surface area (Å²) in [5.41, 5.74) is 3.44. The molecule has 2 aromatic heterocycles. The Morgan fingerprint density at radius 1 is 1.27 bits per heavy atom. The highest BCUT2D eigenvalue weighted by atomic mass is 16.5. The molecular formula is C17H15N3O2. The Labute approximate surface area is 127 Å². The van der Waals surface area contributed by atoms with Crippen molar-refractivity contribution in [3.8, 4) is 0 Å². The van der Waals surface area contributed by atoms with E-state index in [9.17, 15) is 4.79 Å². The first-order valence-electron chi connectivity index (χ1n) is 7.00. The lowest BCUT2D eigenvalue weighted by Crippen LogP contribution is -2.02. The third-order valence-electron chi connectivity index (χ3n) is 3.27. The Hall–Kier alpha value is -2.95. The number of H-pyrrole nitrogens is 1. The van der Waals surface area contributed by atoms with Gasteiger partial charge in [-0.1, -0.05) is 18.2 Å². The maximum atomic E-state index is 11.9. The molecule has 0 atom stereocenters. The van der Waals surface area contributed by atoms with E-state index >= 15 is 0 Å². The molecule has 1 aromatic carbocycles. The molecule has 3 aromatic rings. The van der Waals surface area contributed by atoms with Crippen molar-refractivity contribution < 1.29 is 9.53 Å². The van der Waals surface area contributed by atoms with Crippen LogP contribution >= 0.6 is 0 Å². The highest BCUT2D eigenvalue weighted by Crippen LogP contribution is 2.25. The number of nitrogens with zero attached hydrogens (tertiary/aromatic N) is 2. The average molecular weight is 293 g/mol. The number of pyridine rings is 1. The van der Waals surface area contributed by atoms with Crippen LogP contribution in [0, 0.1) is 0 Å². The van der Waals surface area contributed by atoms with Crippen LogP contribution in [0.4, 0.5) is 0 Å². The molecule has 3 rings (SSSR count). The molecule has 1 N–H and O–H groups in total. The van der Waals surface area contributed by atoms with Crippen LogP contribution in [-0.2, 0) is 9.53 Å². The first kappa shape index (κ1) is 14.0. The van der Waals surface area contributed by atoms with Crippen LogP contribution in [0.25, 0.3) is 16.5 Å². The molecule has 0 fully saturated rings. The van der Waals surface area contributed by atoms with Gasteiger partial charge < -0.3 is 4.74 Å². The largest absolute Gasteiger partial charge is 0.463 e. The monoisotopic (exact) mass is 293 g/mol. The fraction of sp³-hybridized carbons (Fsp3) is 0.118. The minimum atomic E-state index is -0.369. The lowest BCUT2D eigenvalue weighted by molar-refractivity contribution is -0.137. The van der Waals surface area contributed by atoms with Crippen molar-refractivity contribution in [3.05, 3.63) is 66.1 Å². The topological polar surface area (TPSA) is 67.9 Å². The molecule has 110 valence electrons. The highest BCUT2D eigenvalue weighted by Gasteiger charge is 2.10. The zero-order chi connectivity index (χ0) is 15.4. The second-order valence-electron chi connectivity index (χ2n) is 4.72. The molecule has 0 amide bonds. The van der Waals surface area contributed by atoms with Gasteiger partial charge in [-0.05, 0) is 30.2 Å². The molecule has 0 saturated heterocycles. The summed E-state index contributed by atoms with van der Waals surface area (Å²) in [7, 11) is 0. The van der Waals surface area contributed by atoms with Crippen LogP contribution in [0.2, 0.25) is 0 Å². The minimum Gasteiger partial charge on any atom is -0.463 e. The first-order chi connectivity index (χ1) is 10.8. The van der Waals surface area contributed by atoms with Gasteiger partial charge in [-0.3, -0.25) is 10.1 Å². The molecule has 5 heteroatoms. The molecular weight excluding hydrogens is 278 g/mol. The van der Waals surface area contributed by atoms with Crippen molar-refractivity contribution in [1.29, 1.82) is 0 Å². The van der Waals surface area contributed by atoms with Gasteiger partial charge in [-0.15, -0.1) is 0 Å². The van der Waals surface area contributed by atoms with Gasteiger partial charge in [0, 0.05) is 29.4 Å². The molecule has 0 aliphatic heterocycles. The fourth-order valence-electron chi connectivity index (χ4n) is 2.26. The predicted octanol–water partition coefficient (Wildman–Crippen LogP) is 2.95. The summed E-state index contributed by atoms with van der Waals surface area (Å²) in [4.78, 5) is 16.0. The van der Waals surface area contributed by atoms with E-state index in [0.29, 0.717) is 6.61 Å². The van der Waals surface area contributed by atoms with Gasteiger partial charge in [0.15, 0.2) is 0 Å². The van der Waals surface area contributed by atoms with Gasteiger partial charge in [0.25, 0.3) is 0 Å². The summed E-state index contributed by atoms with van der Waals surface area (Å²) in [6.07, 6.45) is 6.68. The number of aromatic amines is 1. The molecule has 22 heavy (non-hydrogen) atoms. The third-order valence-corrected chi connectivity index (χ3v) is 3.27. The van der Waals surface area contributed by atoms with Gasteiger partial charge in [-0.2, -0.15) is 5.10 Å². The van der Waals surface area contributed by atoms with Crippen LogP contribution in [0.5, 0.6) is 0 Å². The maximum Gasteiger partial charge on any atom is 0.331 e. The Kier molecular flexibility index (Phi) is 3.96. The summed E-state index contributed by atoms with van der Waals surface area (Å²) < 4.78 is 5.03. The molecule has 0 bridgehead atoms. The third kappa shape index (κ3) is 2.88. The molecule has 2 heterocycles. The lowest BCUT2D eigenvalue weighted by atomic mass is 9.98. The lowest BCUT2D eigenvalue weighted by Gasteiger charge is -2.08. The van der Waals surface area contributed by atoms with Gasteiger partial charge in [-0.25, -0.2) is 4.79 Å². The SMILES string of the molecule is CCOC(=O)/C=C(\c1cccnc1)c1ccc2cn[nH]c2c1. The Morgan fingerprint density at radius 2 is 2.18 bits per heavy atom. The van der Waals surface area contributed by atoms with Crippen LogP contribution < -0.4 is 0 Å². The van der Waals surface area contributed by atoms with Crippen LogP contribution in [-0.4, -0.2) is 27.8 Å². The zero-order valence-corrected chi connectivity index (χ0v) is 12.1. The van der Waals surface area contributed by atoms with Crippen LogP contribution in [0.1, 0.15) is 18.1 Å². The molecule has 0 radical (unpaired) electrons. The van der Waals surface area contributed by atoms with Crippen molar-refractivity contribution in [2.24, 2.45) is 0 Å². The second-order valence-corrected chi connectivity index (χ2v) is 4.72. The van der Waals surface area contributed by atoms with Gasteiger partial charge in [0.05, 0.1) is 18.3 Å². The summed E-state index contributed by atoms with van der Waals surface area (Å²) in [5.74, 6) is -0.369. The number of esters is 1. The number of nitrogens with one attached hydrogen (secondary N) is 1. The number of fused-ring (bicyclic) bond motifs is 1. The Bertz CT molecular complexity index is 822. The van der Waals surface area contributed by atoms with Crippen molar-refractivity contribution in [2.75, 3.05) is 6.61 Å². The van der Waals surface area contributed by atoms with Gasteiger partial charge >= 0.3 is 5.97 Å². The molecule has 5 nitrogen and oxygen atoms in total. The predicted molar refractivity (Wildman–Crippen MR) is 84.0 cm³/mol. The van der Waals surface area contributed by atoms with E-state index in [0.717, 1.165) is 27.6 Å². The van der Waals surface area contributed by atoms with E-state index < -0.39 is 0 Å². The summed E-state index contributed by atoms with van der Waals surface area (Å²) in [6.45, 7) is 2.13. The van der Waals surface area contributed by atoms with Gasteiger partial charge in [0.2, 0.25) is 0 Å². The normalized spacial score (nSPS) is 11.6. The quantitative estimate of drug-likeness (QED) is 0.593. The van der Waals surface area contributed by atoms with Crippen molar-refractivity contribution in [3.63, 3.8) is 0 Å². The number of hydrogen-bond acceptors (Lipinski definition) is 4. The number of hydrogen-bond donors (Lipinski definition) is 1. The zero-order valence-electron chi connectivity index (χ0n) is 12.1. The number of aromatic nitrogens is 3. The van der Waals surface area contributed by atoms with Crippen molar-refractivity contribution in [2.45, 2.75) is 6.92 Å². The molecule has 0 unspecified atom stereocenters. The standard InChI is InChI=1S/C17H15N3O2/c1-2-22-17(21)9-15(13-4-3-7-18-10-13)12-5-6-14-11-19-20-16(14)8-12/h3-11H,2H2,1H3,(H,19,20)/b15-9-. The van der Waals surface area contributed by atoms with Crippen molar-refractivity contribution >= 4 is 22.4 Å². The fourth-order valence-corrected chi connectivity index (χ4v) is 2.26. The van der Waals surface area contributed by atoms with Crippen LogP contribution in [0.3, 0.4) is 0 Å². The van der Waals surface area contributed by atoms with E-state index in [1.54, 1.807) is 25.5 Å². The average Bonchev–Trinajstić information content (AvgIpc) is 3.01. The Balaban J connectivity index is 2.10. The minimum absolute atomic E-state index is 0.342. The van der Waals surface area contributed by atoms with E-state index in [4.69, 9.17) is 4.74 Å². The maximum absolute atomic E-state index is 11.9. The molecule has 0 aliphatic rings. The molecule has 0 saturated carbocycles. The number of carbonyl (C=O) groups is 1. The summed E-state index contributed by atoms with van der Waals surface area (Å²) in [5, 5.41) is 7.97. The molecule has 0 spiro atoms. The van der Waals surface area contributed by atoms with Crippen molar-refractivity contribution in [1.82, 2.24) is 15.2 Å². The van der Waals surface area contributed by atoms with E-state index in [2.05, 4.69) is 15.2 Å². The number of carbonyl (C=O) groups excluding carboxylic acids is 1. The summed E-state index contributed by atoms with van der Waals surface area (Å²) >= 11 is 0. The van der Waals surface area contributed by atoms with Crippen LogP contribution in [0.15, 0.2) is 55.0 Å². The van der Waals surface area contributed by atoms with E-state index in [1.807, 2.05) is 30.3 Å². The second kappa shape index (κ2) is 6.22. The van der Waals surface area contributed by atoms with Gasteiger partial charge in [0.1, 0.15) is 0 Å². The number of benzene rings is 1. The number of ether oxygens (including phenoxy) is 1. The Morgan fingerprint density at radius 3 is 2.95 bits per heavy atom. The van der Waals surface area contributed by atoms with E-state index in [1.165, 1.54) is 6.08 Å². The molecule has 0 aliphatic carbocycles. The summed E-state index contributed by atoms with van der Waals surface area (Å²) in [6, 6.07) is 9.62. The number of rotatable bonds is 4. The van der Waals surface area contributed by atoms with E-state index in [-0.39, 0.29) is 5.97 Å². The first-order valence-corrected chi connectivity index (χ1v) is 7.00. The highest BCUT2D eigenvalue weighted by molar-refractivity contribution is 5.97. The smallest absolute Gasteiger partial charge is 0.331 e.